The van der Waals surface area contributed by atoms with Gasteiger partial charge in [0.25, 0.3) is 0 Å². The van der Waals surface area contributed by atoms with Gasteiger partial charge in [0, 0.05) is 5.69 Å². The molecule has 0 fully saturated rings. The van der Waals surface area contributed by atoms with E-state index in [1.165, 1.54) is 5.56 Å². The minimum absolute atomic E-state index is 0.154. The number of nitrogens with one attached hydrogen (secondary N) is 1. The van der Waals surface area contributed by atoms with Crippen molar-refractivity contribution in [3.05, 3.63) is 66.2 Å². The van der Waals surface area contributed by atoms with Gasteiger partial charge in [-0.05, 0) is 17.7 Å². The van der Waals surface area contributed by atoms with Gasteiger partial charge in [0.2, 0.25) is 0 Å². The van der Waals surface area contributed by atoms with E-state index in [1.54, 1.807) is 0 Å². The second-order valence-electron chi connectivity index (χ2n) is 3.28. The molecule has 1 nitrogen and oxygen atoms in total. The molecule has 0 saturated carbocycles. The van der Waals surface area contributed by atoms with E-state index < -0.39 is 0 Å². The molecule has 0 bridgehead atoms. The van der Waals surface area contributed by atoms with Gasteiger partial charge in [-0.2, -0.15) is 0 Å². The van der Waals surface area contributed by atoms with Crippen LogP contribution in [0.25, 0.3) is 0 Å². The summed E-state index contributed by atoms with van der Waals surface area (Å²) >= 11 is 3.61. The molecule has 2 aromatic carbocycles. The third kappa shape index (κ3) is 2.83. The van der Waals surface area contributed by atoms with Crippen LogP contribution in [0.5, 0.6) is 0 Å². The highest BCUT2D eigenvalue weighted by molar-refractivity contribution is 9.09. The van der Waals surface area contributed by atoms with Gasteiger partial charge in [0.1, 0.15) is 4.95 Å². The molecule has 0 aliphatic heterocycles. The Hall–Kier alpha value is -1.28. The number of rotatable bonds is 3. The Labute approximate surface area is 98.3 Å². The van der Waals surface area contributed by atoms with Crippen molar-refractivity contribution in [3.8, 4) is 0 Å². The van der Waals surface area contributed by atoms with E-state index in [0.717, 1.165) is 5.69 Å². The Morgan fingerprint density at radius 3 is 1.93 bits per heavy atom. The maximum atomic E-state index is 3.61. The first kappa shape index (κ1) is 10.2. The molecule has 76 valence electrons. The Kier molecular flexibility index (Phi) is 3.41. The molecule has 0 aliphatic carbocycles. The van der Waals surface area contributed by atoms with Crippen LogP contribution in [-0.2, 0) is 0 Å². The second kappa shape index (κ2) is 4.99. The summed E-state index contributed by atoms with van der Waals surface area (Å²) in [5.41, 5.74) is 2.34. The molecule has 0 saturated heterocycles. The molecule has 0 amide bonds. The van der Waals surface area contributed by atoms with E-state index in [1.807, 2.05) is 36.4 Å². The normalized spacial score (nSPS) is 12.1. The monoisotopic (exact) mass is 261 g/mol. The van der Waals surface area contributed by atoms with Crippen molar-refractivity contribution in [1.82, 2.24) is 0 Å². The summed E-state index contributed by atoms with van der Waals surface area (Å²) < 4.78 is 0. The minimum Gasteiger partial charge on any atom is -0.369 e. The maximum absolute atomic E-state index is 3.61. The van der Waals surface area contributed by atoms with E-state index in [2.05, 4.69) is 45.5 Å². The molecule has 2 aromatic rings. The fraction of sp³-hybridized carbons (Fsp3) is 0.0769. The van der Waals surface area contributed by atoms with Gasteiger partial charge < -0.3 is 5.32 Å². The summed E-state index contributed by atoms with van der Waals surface area (Å²) in [7, 11) is 0. The number of anilines is 1. The van der Waals surface area contributed by atoms with E-state index >= 15 is 0 Å². The molecular formula is C13H12BrN. The molecule has 15 heavy (non-hydrogen) atoms. The number of halogens is 1. The Balaban J connectivity index is 2.08. The number of alkyl halides is 1. The minimum atomic E-state index is 0.154. The van der Waals surface area contributed by atoms with E-state index in [4.69, 9.17) is 0 Å². The second-order valence-corrected chi connectivity index (χ2v) is 4.20. The molecule has 0 heterocycles. The van der Waals surface area contributed by atoms with Crippen molar-refractivity contribution in [2.24, 2.45) is 0 Å². The summed E-state index contributed by atoms with van der Waals surface area (Å²) in [6, 6.07) is 20.4. The van der Waals surface area contributed by atoms with Crippen molar-refractivity contribution in [1.29, 1.82) is 0 Å². The van der Waals surface area contributed by atoms with Crippen LogP contribution in [-0.4, -0.2) is 0 Å². The molecule has 1 atom stereocenters. The number of benzene rings is 2. The van der Waals surface area contributed by atoms with E-state index in [0.29, 0.717) is 0 Å². The van der Waals surface area contributed by atoms with E-state index in [-0.39, 0.29) is 4.95 Å². The third-order valence-corrected chi connectivity index (χ3v) is 2.92. The molecule has 0 radical (unpaired) electrons. The summed E-state index contributed by atoms with van der Waals surface area (Å²) in [6.07, 6.45) is 0. The molecule has 0 aromatic heterocycles. The zero-order valence-electron chi connectivity index (χ0n) is 8.23. The van der Waals surface area contributed by atoms with Gasteiger partial charge in [0.15, 0.2) is 0 Å². The Morgan fingerprint density at radius 2 is 1.33 bits per heavy atom. The lowest BCUT2D eigenvalue weighted by molar-refractivity contribution is 1.13. The molecule has 2 heteroatoms. The first-order valence-electron chi connectivity index (χ1n) is 4.87. The number of hydrogen-bond donors (Lipinski definition) is 1. The maximum Gasteiger partial charge on any atom is 0.107 e. The topological polar surface area (TPSA) is 12.0 Å². The lowest BCUT2D eigenvalue weighted by atomic mass is 10.2. The van der Waals surface area contributed by atoms with Gasteiger partial charge in [-0.1, -0.05) is 64.5 Å². The summed E-state index contributed by atoms with van der Waals surface area (Å²) in [4.78, 5) is 0.154. The molecular weight excluding hydrogens is 250 g/mol. The predicted octanol–water partition coefficient (Wildman–Crippen LogP) is 4.19. The van der Waals surface area contributed by atoms with Crippen molar-refractivity contribution in [2.45, 2.75) is 4.95 Å². The van der Waals surface area contributed by atoms with Crippen LogP contribution in [0.2, 0.25) is 0 Å². The van der Waals surface area contributed by atoms with Gasteiger partial charge in [0.05, 0.1) is 0 Å². The van der Waals surface area contributed by atoms with Crippen LogP contribution in [0.3, 0.4) is 0 Å². The fourth-order valence-corrected chi connectivity index (χ4v) is 1.96. The van der Waals surface area contributed by atoms with Crippen LogP contribution in [0.15, 0.2) is 60.7 Å². The van der Waals surface area contributed by atoms with Crippen LogP contribution in [0.4, 0.5) is 5.69 Å². The zero-order valence-corrected chi connectivity index (χ0v) is 9.81. The van der Waals surface area contributed by atoms with Crippen molar-refractivity contribution in [3.63, 3.8) is 0 Å². The summed E-state index contributed by atoms with van der Waals surface area (Å²) in [5.74, 6) is 0. The van der Waals surface area contributed by atoms with Crippen LogP contribution in [0, 0.1) is 0 Å². The SMILES string of the molecule is BrC(Nc1ccccc1)c1ccccc1. The lowest BCUT2D eigenvalue weighted by Gasteiger charge is -2.13. The number of para-hydroxylation sites is 1. The molecule has 1 N–H and O–H groups in total. The summed E-state index contributed by atoms with van der Waals surface area (Å²) in [6.45, 7) is 0. The van der Waals surface area contributed by atoms with Crippen molar-refractivity contribution < 1.29 is 0 Å². The van der Waals surface area contributed by atoms with Gasteiger partial charge in [-0.3, -0.25) is 0 Å². The fourth-order valence-electron chi connectivity index (χ4n) is 1.39. The average molecular weight is 262 g/mol. The standard InChI is InChI=1S/C13H12BrN/c14-13(11-7-3-1-4-8-11)15-12-9-5-2-6-10-12/h1-10,13,15H. The highest BCUT2D eigenvalue weighted by atomic mass is 79.9. The molecule has 2 rings (SSSR count). The first-order chi connectivity index (χ1) is 7.36. The molecule has 1 unspecified atom stereocenters. The first-order valence-corrected chi connectivity index (χ1v) is 5.78. The predicted molar refractivity (Wildman–Crippen MR) is 68.2 cm³/mol. The Morgan fingerprint density at radius 1 is 0.800 bits per heavy atom. The Bertz CT molecular complexity index is 399. The van der Waals surface area contributed by atoms with Crippen molar-refractivity contribution in [2.75, 3.05) is 5.32 Å². The highest BCUT2D eigenvalue weighted by Crippen LogP contribution is 2.24. The van der Waals surface area contributed by atoms with Gasteiger partial charge in [-0.25, -0.2) is 0 Å². The van der Waals surface area contributed by atoms with Gasteiger partial charge in [-0.15, -0.1) is 0 Å². The third-order valence-electron chi connectivity index (χ3n) is 2.16. The lowest BCUT2D eigenvalue weighted by Crippen LogP contribution is -2.02. The smallest absolute Gasteiger partial charge is 0.107 e. The van der Waals surface area contributed by atoms with Crippen LogP contribution >= 0.6 is 15.9 Å². The van der Waals surface area contributed by atoms with E-state index in [9.17, 15) is 0 Å². The quantitative estimate of drug-likeness (QED) is 0.646. The van der Waals surface area contributed by atoms with Crippen LogP contribution in [0.1, 0.15) is 10.5 Å². The average Bonchev–Trinajstić information content (AvgIpc) is 2.31. The van der Waals surface area contributed by atoms with Gasteiger partial charge >= 0.3 is 0 Å². The largest absolute Gasteiger partial charge is 0.369 e. The number of hydrogen-bond acceptors (Lipinski definition) is 1. The molecule has 0 spiro atoms. The zero-order chi connectivity index (χ0) is 10.5. The molecule has 0 aliphatic rings. The highest BCUT2D eigenvalue weighted by Gasteiger charge is 2.04. The van der Waals surface area contributed by atoms with Crippen LogP contribution < -0.4 is 5.32 Å². The summed E-state index contributed by atoms with van der Waals surface area (Å²) in [5, 5.41) is 3.37. The van der Waals surface area contributed by atoms with Crippen molar-refractivity contribution >= 4 is 21.6 Å².